The molecule has 174 valence electrons. The summed E-state index contributed by atoms with van der Waals surface area (Å²) in [7, 11) is 0. The molecule has 0 saturated carbocycles. The molecule has 3 rings (SSSR count). The van der Waals surface area contributed by atoms with Gasteiger partial charge in [-0.1, -0.05) is 61.0 Å². The van der Waals surface area contributed by atoms with Crippen LogP contribution in [0.15, 0.2) is 48.5 Å². The van der Waals surface area contributed by atoms with E-state index in [-0.39, 0.29) is 18.4 Å². The van der Waals surface area contributed by atoms with Crippen LogP contribution in [0.4, 0.5) is 17.6 Å². The van der Waals surface area contributed by atoms with E-state index in [1.54, 1.807) is 4.90 Å². The third-order valence-corrected chi connectivity index (χ3v) is 5.33. The Morgan fingerprint density at radius 1 is 1.06 bits per heavy atom. The van der Waals surface area contributed by atoms with Gasteiger partial charge >= 0.3 is 12.1 Å². The molecule has 0 aromatic heterocycles. The van der Waals surface area contributed by atoms with Crippen molar-refractivity contribution < 1.29 is 32.3 Å². The Morgan fingerprint density at radius 2 is 1.53 bits per heavy atom. The molecule has 1 aliphatic heterocycles. The molecule has 0 unspecified atom stereocenters. The van der Waals surface area contributed by atoms with E-state index in [1.165, 1.54) is 5.56 Å². The monoisotopic (exact) mass is 454 g/mol. The highest BCUT2D eigenvalue weighted by Crippen LogP contribution is 2.26. The molecule has 1 saturated heterocycles. The predicted octanol–water partition coefficient (Wildman–Crippen LogP) is 4.30. The zero-order valence-corrected chi connectivity index (χ0v) is 17.8. The minimum atomic E-state index is -5.08. The van der Waals surface area contributed by atoms with Gasteiger partial charge in [0.15, 0.2) is 0 Å². The van der Waals surface area contributed by atoms with E-state index >= 15 is 0 Å². The molecule has 1 amide bonds. The standard InChI is InChI=1S/C21H25FN2O.C2HF3O2/c1-14-3-5-17(6-4-14)18-9-7-16(8-10-18)15(2)20(23)21(25)24-12-11-19(22)13-24;3-2(4,5)1(6)7/h3-10,15,19-20H,11-13,23H2,1-2H3;(H,6,7)/t15-,19-,20-;/m0./s1. The minimum Gasteiger partial charge on any atom is -0.475 e. The Balaban J connectivity index is 0.000000451. The number of benzene rings is 2. The Labute approximate surface area is 183 Å². The second-order valence-corrected chi connectivity index (χ2v) is 7.78. The van der Waals surface area contributed by atoms with Crippen LogP contribution in [0.25, 0.3) is 11.1 Å². The van der Waals surface area contributed by atoms with Crippen molar-refractivity contribution in [2.45, 2.75) is 44.6 Å². The number of carboxylic acid groups (broad SMARTS) is 1. The predicted molar refractivity (Wildman–Crippen MR) is 113 cm³/mol. The lowest BCUT2D eigenvalue weighted by Gasteiger charge is -2.25. The van der Waals surface area contributed by atoms with Crippen LogP contribution in [0, 0.1) is 6.92 Å². The second-order valence-electron chi connectivity index (χ2n) is 7.78. The summed E-state index contributed by atoms with van der Waals surface area (Å²) in [5.74, 6) is -3.03. The molecule has 2 aromatic rings. The fourth-order valence-electron chi connectivity index (χ4n) is 3.27. The molecule has 3 N–H and O–H groups in total. The van der Waals surface area contributed by atoms with Gasteiger partial charge < -0.3 is 15.7 Å². The number of nitrogens with two attached hydrogens (primary N) is 1. The average molecular weight is 454 g/mol. The van der Waals surface area contributed by atoms with Gasteiger partial charge in [0.1, 0.15) is 6.17 Å². The maximum Gasteiger partial charge on any atom is 0.490 e. The molecule has 1 fully saturated rings. The van der Waals surface area contributed by atoms with Gasteiger partial charge in [-0.3, -0.25) is 4.79 Å². The quantitative estimate of drug-likeness (QED) is 0.675. The largest absolute Gasteiger partial charge is 0.490 e. The molecule has 32 heavy (non-hydrogen) atoms. The number of amides is 1. The highest BCUT2D eigenvalue weighted by molar-refractivity contribution is 5.83. The number of alkyl halides is 4. The molecular formula is C23H26F4N2O3. The normalized spacial score (nSPS) is 17.8. The number of aliphatic carboxylic acids is 1. The summed E-state index contributed by atoms with van der Waals surface area (Å²) in [5.41, 5.74) is 10.7. The van der Waals surface area contributed by atoms with E-state index in [2.05, 4.69) is 43.3 Å². The van der Waals surface area contributed by atoms with Crippen molar-refractivity contribution in [1.82, 2.24) is 4.90 Å². The number of nitrogens with zero attached hydrogens (tertiary/aromatic N) is 1. The number of carboxylic acids is 1. The van der Waals surface area contributed by atoms with E-state index in [0.29, 0.717) is 13.0 Å². The van der Waals surface area contributed by atoms with E-state index in [4.69, 9.17) is 15.6 Å². The Hall–Kier alpha value is -2.94. The van der Waals surface area contributed by atoms with E-state index in [9.17, 15) is 22.4 Å². The Kier molecular flexibility index (Phi) is 8.38. The average Bonchev–Trinajstić information content (AvgIpc) is 3.19. The molecule has 0 radical (unpaired) electrons. The number of halogens is 4. The molecule has 1 heterocycles. The Bertz CT molecular complexity index is 914. The first kappa shape index (κ1) is 25.3. The van der Waals surface area contributed by atoms with Crippen LogP contribution in [0.3, 0.4) is 0 Å². The van der Waals surface area contributed by atoms with Crippen molar-refractivity contribution in [2.75, 3.05) is 13.1 Å². The van der Waals surface area contributed by atoms with Crippen LogP contribution in [0.2, 0.25) is 0 Å². The fraction of sp³-hybridized carbons (Fsp3) is 0.391. The van der Waals surface area contributed by atoms with Crippen molar-refractivity contribution in [3.05, 3.63) is 59.7 Å². The lowest BCUT2D eigenvalue weighted by molar-refractivity contribution is -0.192. The lowest BCUT2D eigenvalue weighted by atomic mass is 9.91. The van der Waals surface area contributed by atoms with Gasteiger partial charge in [0.25, 0.3) is 0 Å². The highest BCUT2D eigenvalue weighted by Gasteiger charge is 2.38. The number of likely N-dealkylation sites (tertiary alicyclic amines) is 1. The summed E-state index contributed by atoms with van der Waals surface area (Å²) in [4.78, 5) is 22.9. The zero-order chi connectivity index (χ0) is 24.1. The van der Waals surface area contributed by atoms with Crippen LogP contribution in [-0.4, -0.2) is 53.4 Å². The Morgan fingerprint density at radius 3 is 1.94 bits per heavy atom. The van der Waals surface area contributed by atoms with Crippen LogP contribution in [0.1, 0.15) is 30.4 Å². The van der Waals surface area contributed by atoms with Crippen molar-refractivity contribution in [1.29, 1.82) is 0 Å². The third-order valence-electron chi connectivity index (χ3n) is 5.33. The summed E-state index contributed by atoms with van der Waals surface area (Å²) >= 11 is 0. The molecule has 3 atom stereocenters. The highest BCUT2D eigenvalue weighted by atomic mass is 19.4. The van der Waals surface area contributed by atoms with Gasteiger partial charge in [0.05, 0.1) is 12.6 Å². The third kappa shape index (κ3) is 6.78. The SMILES string of the molecule is Cc1ccc(-c2ccc([C@H](C)[C@H](N)C(=O)N3CC[C@H](F)C3)cc2)cc1.O=C(O)C(F)(F)F. The van der Waals surface area contributed by atoms with Crippen molar-refractivity contribution in [3.8, 4) is 11.1 Å². The van der Waals surface area contributed by atoms with Gasteiger partial charge in [0.2, 0.25) is 5.91 Å². The molecule has 9 heteroatoms. The van der Waals surface area contributed by atoms with Crippen molar-refractivity contribution in [3.63, 3.8) is 0 Å². The molecule has 0 bridgehead atoms. The maximum absolute atomic E-state index is 13.3. The first-order valence-corrected chi connectivity index (χ1v) is 10.1. The topological polar surface area (TPSA) is 83.6 Å². The fourth-order valence-corrected chi connectivity index (χ4v) is 3.27. The number of rotatable bonds is 4. The summed E-state index contributed by atoms with van der Waals surface area (Å²) in [6, 6.07) is 15.9. The van der Waals surface area contributed by atoms with Gasteiger partial charge in [-0.05, 0) is 30.0 Å². The summed E-state index contributed by atoms with van der Waals surface area (Å²) < 4.78 is 45.1. The summed E-state index contributed by atoms with van der Waals surface area (Å²) in [5, 5.41) is 7.12. The van der Waals surface area contributed by atoms with Crippen LogP contribution in [0.5, 0.6) is 0 Å². The van der Waals surface area contributed by atoms with Crippen molar-refractivity contribution in [2.24, 2.45) is 5.73 Å². The maximum atomic E-state index is 13.3. The van der Waals surface area contributed by atoms with Gasteiger partial charge in [-0.15, -0.1) is 0 Å². The minimum absolute atomic E-state index is 0.113. The van der Waals surface area contributed by atoms with Gasteiger partial charge in [-0.25, -0.2) is 9.18 Å². The first-order chi connectivity index (χ1) is 14.9. The van der Waals surface area contributed by atoms with E-state index in [0.717, 1.165) is 16.7 Å². The van der Waals surface area contributed by atoms with E-state index < -0.39 is 24.4 Å². The number of hydrogen-bond acceptors (Lipinski definition) is 3. The smallest absolute Gasteiger partial charge is 0.475 e. The summed E-state index contributed by atoms with van der Waals surface area (Å²) in [6.07, 6.45) is -5.58. The van der Waals surface area contributed by atoms with Gasteiger partial charge in [0, 0.05) is 12.5 Å². The molecule has 2 aromatic carbocycles. The molecular weight excluding hydrogens is 428 g/mol. The van der Waals surface area contributed by atoms with Crippen molar-refractivity contribution >= 4 is 11.9 Å². The molecule has 1 aliphatic rings. The van der Waals surface area contributed by atoms with Crippen LogP contribution < -0.4 is 5.73 Å². The molecule has 5 nitrogen and oxygen atoms in total. The zero-order valence-electron chi connectivity index (χ0n) is 17.8. The number of aryl methyl sites for hydroxylation is 1. The van der Waals surface area contributed by atoms with E-state index in [1.807, 2.05) is 19.1 Å². The molecule has 0 spiro atoms. The molecule has 0 aliphatic carbocycles. The van der Waals surface area contributed by atoms with Crippen LogP contribution >= 0.6 is 0 Å². The van der Waals surface area contributed by atoms with Crippen LogP contribution in [-0.2, 0) is 9.59 Å². The number of hydrogen-bond donors (Lipinski definition) is 2. The lowest BCUT2D eigenvalue weighted by Crippen LogP contribution is -2.45. The number of carbonyl (C=O) groups is 2. The second kappa shape index (κ2) is 10.6. The first-order valence-electron chi connectivity index (χ1n) is 10.1. The van der Waals surface area contributed by atoms with Gasteiger partial charge in [-0.2, -0.15) is 13.2 Å². The summed E-state index contributed by atoms with van der Waals surface area (Å²) in [6.45, 7) is 4.66. The number of carbonyl (C=O) groups excluding carboxylic acids is 1.